The Bertz CT molecular complexity index is 1620. The number of aromatic nitrogens is 1. The van der Waals surface area contributed by atoms with Crippen LogP contribution in [-0.2, 0) is 0 Å². The summed E-state index contributed by atoms with van der Waals surface area (Å²) in [7, 11) is 0. The number of allylic oxidation sites excluding steroid dienone is 4. The Balaban J connectivity index is 1.62. The van der Waals surface area contributed by atoms with Crippen molar-refractivity contribution in [3.63, 3.8) is 0 Å². The zero-order valence-electron chi connectivity index (χ0n) is 21.0. The molecule has 0 amide bonds. The SMILES string of the molecule is Cc1ccc(-c2ccc3c4ccc(-c5c(C)cc(C)cc5C)cc4n(C4C=CC=CC4)c3c2)cc1. The maximum Gasteiger partial charge on any atom is 0.0560 e. The van der Waals surface area contributed by atoms with E-state index in [4.69, 9.17) is 0 Å². The van der Waals surface area contributed by atoms with Gasteiger partial charge in [-0.05, 0) is 79.6 Å². The van der Waals surface area contributed by atoms with Gasteiger partial charge in [0, 0.05) is 10.8 Å². The molecule has 1 unspecified atom stereocenters. The normalized spacial score (nSPS) is 15.4. The van der Waals surface area contributed by atoms with Gasteiger partial charge in [-0.25, -0.2) is 0 Å². The number of rotatable bonds is 3. The van der Waals surface area contributed by atoms with E-state index in [1.165, 1.54) is 66.3 Å². The van der Waals surface area contributed by atoms with Crippen molar-refractivity contribution in [2.75, 3.05) is 0 Å². The summed E-state index contributed by atoms with van der Waals surface area (Å²) in [5, 5.41) is 2.65. The lowest BCUT2D eigenvalue weighted by atomic mass is 9.93. The molecule has 1 aromatic heterocycles. The van der Waals surface area contributed by atoms with Gasteiger partial charge in [-0.15, -0.1) is 0 Å². The minimum absolute atomic E-state index is 0.309. The van der Waals surface area contributed by atoms with E-state index in [9.17, 15) is 0 Å². The first-order valence-corrected chi connectivity index (χ1v) is 12.6. The van der Waals surface area contributed by atoms with E-state index in [1.807, 2.05) is 0 Å². The molecule has 4 aromatic carbocycles. The average Bonchev–Trinajstić information content (AvgIpc) is 3.17. The molecule has 1 atom stereocenters. The number of aryl methyl sites for hydroxylation is 4. The predicted octanol–water partition coefficient (Wildman–Crippen LogP) is 9.42. The van der Waals surface area contributed by atoms with Gasteiger partial charge in [0.15, 0.2) is 0 Å². The number of nitrogens with zero attached hydrogens (tertiary/aromatic N) is 1. The van der Waals surface area contributed by atoms with E-state index in [-0.39, 0.29) is 0 Å². The Hall–Kier alpha value is -3.84. The lowest BCUT2D eigenvalue weighted by molar-refractivity contribution is 0.648. The van der Waals surface area contributed by atoms with E-state index in [0.29, 0.717) is 6.04 Å². The first kappa shape index (κ1) is 21.7. The maximum absolute atomic E-state index is 2.56. The van der Waals surface area contributed by atoms with Crippen LogP contribution in [0.4, 0.5) is 0 Å². The minimum atomic E-state index is 0.309. The molecule has 6 rings (SSSR count). The van der Waals surface area contributed by atoms with Gasteiger partial charge < -0.3 is 4.57 Å². The van der Waals surface area contributed by atoms with E-state index in [2.05, 4.69) is 129 Å². The van der Waals surface area contributed by atoms with Crippen LogP contribution in [0.15, 0.2) is 97.1 Å². The fourth-order valence-electron chi connectivity index (χ4n) is 5.88. The highest BCUT2D eigenvalue weighted by molar-refractivity contribution is 6.10. The Labute approximate surface area is 208 Å². The van der Waals surface area contributed by atoms with Crippen LogP contribution in [0.25, 0.3) is 44.1 Å². The first-order valence-electron chi connectivity index (χ1n) is 12.6. The Kier molecular flexibility index (Phi) is 5.22. The van der Waals surface area contributed by atoms with Crippen molar-refractivity contribution >= 4 is 21.8 Å². The average molecular weight is 454 g/mol. The Morgan fingerprint density at radius 3 is 1.83 bits per heavy atom. The third-order valence-corrected chi connectivity index (χ3v) is 7.44. The van der Waals surface area contributed by atoms with Crippen LogP contribution < -0.4 is 0 Å². The van der Waals surface area contributed by atoms with Gasteiger partial charge in [-0.3, -0.25) is 0 Å². The molecule has 1 aliphatic rings. The van der Waals surface area contributed by atoms with Crippen LogP contribution in [0.3, 0.4) is 0 Å². The fourth-order valence-corrected chi connectivity index (χ4v) is 5.88. The third kappa shape index (κ3) is 3.72. The molecule has 1 aliphatic carbocycles. The van der Waals surface area contributed by atoms with E-state index >= 15 is 0 Å². The van der Waals surface area contributed by atoms with Crippen molar-refractivity contribution in [3.05, 3.63) is 119 Å². The summed E-state index contributed by atoms with van der Waals surface area (Å²) in [6.45, 7) is 8.79. The van der Waals surface area contributed by atoms with Crippen molar-refractivity contribution in [2.24, 2.45) is 0 Å². The van der Waals surface area contributed by atoms with Crippen molar-refractivity contribution in [3.8, 4) is 22.3 Å². The van der Waals surface area contributed by atoms with Crippen molar-refractivity contribution in [1.82, 2.24) is 4.57 Å². The van der Waals surface area contributed by atoms with E-state index in [1.54, 1.807) is 0 Å². The van der Waals surface area contributed by atoms with Crippen molar-refractivity contribution in [1.29, 1.82) is 0 Å². The van der Waals surface area contributed by atoms with Crippen LogP contribution in [0, 0.1) is 27.7 Å². The van der Waals surface area contributed by atoms with Crippen LogP contribution in [-0.4, -0.2) is 4.57 Å². The molecule has 1 heterocycles. The van der Waals surface area contributed by atoms with E-state index < -0.39 is 0 Å². The molecule has 5 aromatic rings. The second-order valence-corrected chi connectivity index (χ2v) is 10.1. The summed E-state index contributed by atoms with van der Waals surface area (Å²) >= 11 is 0. The van der Waals surface area contributed by atoms with E-state index in [0.717, 1.165) is 6.42 Å². The van der Waals surface area contributed by atoms with Gasteiger partial charge in [0.05, 0.1) is 17.1 Å². The smallest absolute Gasteiger partial charge is 0.0560 e. The molecule has 0 radical (unpaired) electrons. The Morgan fingerprint density at radius 2 is 1.20 bits per heavy atom. The van der Waals surface area contributed by atoms with Crippen LogP contribution >= 0.6 is 0 Å². The Morgan fingerprint density at radius 1 is 0.600 bits per heavy atom. The molecular formula is C34H31N. The highest BCUT2D eigenvalue weighted by Gasteiger charge is 2.19. The molecule has 0 bridgehead atoms. The molecule has 1 heteroatoms. The third-order valence-electron chi connectivity index (χ3n) is 7.44. The van der Waals surface area contributed by atoms with Gasteiger partial charge in [0.1, 0.15) is 0 Å². The van der Waals surface area contributed by atoms with Crippen molar-refractivity contribution in [2.45, 2.75) is 40.2 Å². The minimum Gasteiger partial charge on any atom is -0.333 e. The number of hydrogen-bond acceptors (Lipinski definition) is 0. The van der Waals surface area contributed by atoms with Gasteiger partial charge in [-0.1, -0.05) is 96.1 Å². The second-order valence-electron chi connectivity index (χ2n) is 10.1. The van der Waals surface area contributed by atoms with Crippen LogP contribution in [0.5, 0.6) is 0 Å². The molecule has 0 saturated carbocycles. The van der Waals surface area contributed by atoms with Crippen LogP contribution in [0.1, 0.15) is 34.7 Å². The monoisotopic (exact) mass is 453 g/mol. The topological polar surface area (TPSA) is 4.93 Å². The summed E-state index contributed by atoms with van der Waals surface area (Å²) in [4.78, 5) is 0. The summed E-state index contributed by atoms with van der Waals surface area (Å²) in [5.74, 6) is 0. The molecule has 0 aliphatic heterocycles. The zero-order valence-corrected chi connectivity index (χ0v) is 21.0. The first-order chi connectivity index (χ1) is 17.0. The number of fused-ring (bicyclic) bond motifs is 3. The fraction of sp³-hybridized carbons (Fsp3) is 0.176. The molecule has 0 saturated heterocycles. The summed E-state index contributed by atoms with van der Waals surface area (Å²) in [6, 6.07) is 27.8. The summed E-state index contributed by atoms with van der Waals surface area (Å²) in [5.41, 5.74) is 13.1. The highest BCUT2D eigenvalue weighted by Crippen LogP contribution is 2.39. The molecule has 0 spiro atoms. The highest BCUT2D eigenvalue weighted by atomic mass is 15.0. The molecule has 172 valence electrons. The van der Waals surface area contributed by atoms with Crippen molar-refractivity contribution < 1.29 is 0 Å². The molecule has 35 heavy (non-hydrogen) atoms. The van der Waals surface area contributed by atoms with Crippen LogP contribution in [0.2, 0.25) is 0 Å². The molecule has 1 nitrogen and oxygen atoms in total. The molecule has 0 fully saturated rings. The lowest BCUT2D eigenvalue weighted by Gasteiger charge is -2.19. The zero-order chi connectivity index (χ0) is 24.1. The quantitative estimate of drug-likeness (QED) is 0.256. The summed E-state index contributed by atoms with van der Waals surface area (Å²) < 4.78 is 2.56. The standard InChI is InChI=1S/C34H31N/c1-22-10-12-26(13-11-22)27-14-16-30-31-17-15-28(34-24(3)18-23(2)19-25(34)4)21-33(31)35(32(30)20-27)29-8-6-5-7-9-29/h5-8,10-21,29H,9H2,1-4H3. The maximum atomic E-state index is 2.56. The molecule has 0 N–H and O–H groups in total. The van der Waals surface area contributed by atoms with Gasteiger partial charge in [-0.2, -0.15) is 0 Å². The number of hydrogen-bond donors (Lipinski definition) is 0. The van der Waals surface area contributed by atoms with Gasteiger partial charge in [0.2, 0.25) is 0 Å². The van der Waals surface area contributed by atoms with Gasteiger partial charge >= 0.3 is 0 Å². The second kappa shape index (κ2) is 8.43. The predicted molar refractivity (Wildman–Crippen MR) is 151 cm³/mol. The van der Waals surface area contributed by atoms with Gasteiger partial charge in [0.25, 0.3) is 0 Å². The molecular weight excluding hydrogens is 422 g/mol. The summed E-state index contributed by atoms with van der Waals surface area (Å²) in [6.07, 6.45) is 9.98. The lowest BCUT2D eigenvalue weighted by Crippen LogP contribution is -2.07. The number of benzene rings is 4. The largest absolute Gasteiger partial charge is 0.333 e.